The number of benzene rings is 1. The van der Waals surface area contributed by atoms with Crippen LogP contribution >= 0.6 is 7.60 Å². The zero-order valence-electron chi connectivity index (χ0n) is 14.3. The van der Waals surface area contributed by atoms with Crippen molar-refractivity contribution in [3.05, 3.63) is 48.7 Å². The first-order valence-corrected chi connectivity index (χ1v) is 10.6. The molecule has 8 heteroatoms. The van der Waals surface area contributed by atoms with Gasteiger partial charge in [-0.1, -0.05) is 12.1 Å². The lowest BCUT2D eigenvalue weighted by Gasteiger charge is -2.29. The quantitative estimate of drug-likeness (QED) is 0.682. The van der Waals surface area contributed by atoms with Crippen LogP contribution < -0.4 is 0 Å². The van der Waals surface area contributed by atoms with Crippen LogP contribution in [0.4, 0.5) is 0 Å². The Labute approximate surface area is 151 Å². The lowest BCUT2D eigenvalue weighted by Crippen LogP contribution is -2.16. The first kappa shape index (κ1) is 17.3. The molecule has 4 rings (SSSR count). The summed E-state index contributed by atoms with van der Waals surface area (Å²) in [4.78, 5) is 30.9. The standard InChI is InChI=1S/C18H21N4O3P/c23-26(24,25)10-13-1-3-14(4-2-13)15-5-7-16(8-6-15)22-12-21-17-9-19-11-20-18(17)22/h5-9,11-14H,1-4,10H2,(H2,23,24,25). The second-order valence-electron chi connectivity index (χ2n) is 7.00. The fraction of sp³-hybridized carbons (Fsp3) is 0.389. The summed E-state index contributed by atoms with van der Waals surface area (Å²) in [5.74, 6) is 0.599. The first-order valence-electron chi connectivity index (χ1n) is 8.77. The number of nitrogens with zero attached hydrogens (tertiary/aromatic N) is 4. The summed E-state index contributed by atoms with van der Waals surface area (Å²) in [5.41, 5.74) is 3.83. The molecule has 0 bridgehead atoms. The Morgan fingerprint density at radius 2 is 1.81 bits per heavy atom. The summed E-state index contributed by atoms with van der Waals surface area (Å²) in [6.45, 7) is 0. The van der Waals surface area contributed by atoms with Crippen molar-refractivity contribution in [2.75, 3.05) is 6.16 Å². The smallest absolute Gasteiger partial charge is 0.324 e. The van der Waals surface area contributed by atoms with Crippen LogP contribution in [-0.4, -0.2) is 35.5 Å². The largest absolute Gasteiger partial charge is 0.325 e. The van der Waals surface area contributed by atoms with E-state index in [1.54, 1.807) is 12.5 Å². The highest BCUT2D eigenvalue weighted by molar-refractivity contribution is 7.51. The van der Waals surface area contributed by atoms with E-state index < -0.39 is 7.60 Å². The summed E-state index contributed by atoms with van der Waals surface area (Å²) in [7, 11) is -3.90. The van der Waals surface area contributed by atoms with E-state index in [1.165, 1.54) is 11.9 Å². The van der Waals surface area contributed by atoms with E-state index in [0.717, 1.165) is 42.5 Å². The Balaban J connectivity index is 1.46. The van der Waals surface area contributed by atoms with Crippen LogP contribution in [0.1, 0.15) is 37.2 Å². The highest BCUT2D eigenvalue weighted by Gasteiger charge is 2.27. The Hall–Kier alpha value is -2.08. The molecule has 0 spiro atoms. The van der Waals surface area contributed by atoms with Gasteiger partial charge in [-0.15, -0.1) is 0 Å². The summed E-state index contributed by atoms with van der Waals surface area (Å²) >= 11 is 0. The molecule has 0 saturated heterocycles. The highest BCUT2D eigenvalue weighted by Crippen LogP contribution is 2.44. The van der Waals surface area contributed by atoms with Gasteiger partial charge in [0.15, 0.2) is 5.65 Å². The lowest BCUT2D eigenvalue weighted by atomic mass is 9.79. The van der Waals surface area contributed by atoms with Crippen molar-refractivity contribution in [3.63, 3.8) is 0 Å². The van der Waals surface area contributed by atoms with Gasteiger partial charge in [0.2, 0.25) is 0 Å². The second kappa shape index (κ2) is 6.91. The van der Waals surface area contributed by atoms with Gasteiger partial charge < -0.3 is 9.79 Å². The van der Waals surface area contributed by atoms with Crippen LogP contribution in [0.15, 0.2) is 43.1 Å². The molecule has 1 aromatic carbocycles. The van der Waals surface area contributed by atoms with E-state index in [0.29, 0.717) is 5.92 Å². The van der Waals surface area contributed by atoms with Gasteiger partial charge in [-0.25, -0.2) is 15.0 Å². The Bertz CT molecular complexity index is 942. The van der Waals surface area contributed by atoms with Gasteiger partial charge >= 0.3 is 7.60 Å². The summed E-state index contributed by atoms with van der Waals surface area (Å²) in [5, 5.41) is 0. The van der Waals surface area contributed by atoms with Gasteiger partial charge in [-0.3, -0.25) is 9.13 Å². The molecule has 0 atom stereocenters. The van der Waals surface area contributed by atoms with Crippen LogP contribution in [0.2, 0.25) is 0 Å². The zero-order chi connectivity index (χ0) is 18.1. The number of rotatable bonds is 4. The summed E-state index contributed by atoms with van der Waals surface area (Å²) < 4.78 is 13.1. The monoisotopic (exact) mass is 372 g/mol. The minimum absolute atomic E-state index is 0.0220. The predicted molar refractivity (Wildman–Crippen MR) is 98.3 cm³/mol. The van der Waals surface area contributed by atoms with E-state index in [1.807, 2.05) is 4.57 Å². The number of hydrogen-bond donors (Lipinski definition) is 2. The Morgan fingerprint density at radius 3 is 2.50 bits per heavy atom. The molecule has 26 heavy (non-hydrogen) atoms. The van der Waals surface area contributed by atoms with Crippen LogP contribution in [0, 0.1) is 5.92 Å². The van der Waals surface area contributed by atoms with Crippen molar-refractivity contribution in [3.8, 4) is 5.69 Å². The molecule has 1 saturated carbocycles. The summed E-state index contributed by atoms with van der Waals surface area (Å²) in [6, 6.07) is 8.41. The Kier molecular flexibility index (Phi) is 4.61. The Morgan fingerprint density at radius 1 is 1.08 bits per heavy atom. The van der Waals surface area contributed by atoms with Gasteiger partial charge in [0.25, 0.3) is 0 Å². The van der Waals surface area contributed by atoms with Crippen LogP contribution in [-0.2, 0) is 4.57 Å². The number of imidazole rings is 1. The predicted octanol–water partition coefficient (Wildman–Crippen LogP) is 3.27. The van der Waals surface area contributed by atoms with Crippen molar-refractivity contribution in [1.82, 2.24) is 19.5 Å². The van der Waals surface area contributed by atoms with Crippen LogP contribution in [0.25, 0.3) is 16.9 Å². The topological polar surface area (TPSA) is 101 Å². The third-order valence-corrected chi connectivity index (χ3v) is 6.19. The molecular formula is C18H21N4O3P. The molecule has 2 aromatic heterocycles. The molecular weight excluding hydrogens is 351 g/mol. The molecule has 0 amide bonds. The fourth-order valence-electron chi connectivity index (χ4n) is 3.88. The SMILES string of the molecule is O=P(O)(O)CC1CCC(c2ccc(-n3cnc4cncnc43)cc2)CC1. The molecule has 136 valence electrons. The second-order valence-corrected chi connectivity index (χ2v) is 8.70. The minimum atomic E-state index is -3.90. The van der Waals surface area contributed by atoms with Crippen molar-refractivity contribution >= 4 is 18.8 Å². The average Bonchev–Trinajstić information content (AvgIpc) is 3.05. The molecule has 0 radical (unpaired) electrons. The van der Waals surface area contributed by atoms with Gasteiger partial charge in [0.05, 0.1) is 12.4 Å². The van der Waals surface area contributed by atoms with Crippen LogP contribution in [0.3, 0.4) is 0 Å². The van der Waals surface area contributed by atoms with E-state index in [4.69, 9.17) is 9.79 Å². The molecule has 7 nitrogen and oxygen atoms in total. The van der Waals surface area contributed by atoms with E-state index >= 15 is 0 Å². The number of fused-ring (bicyclic) bond motifs is 1. The van der Waals surface area contributed by atoms with Gasteiger partial charge in [-0.2, -0.15) is 0 Å². The van der Waals surface area contributed by atoms with Crippen molar-refractivity contribution < 1.29 is 14.4 Å². The zero-order valence-corrected chi connectivity index (χ0v) is 15.2. The molecule has 0 unspecified atom stereocenters. The molecule has 1 aliphatic carbocycles. The molecule has 2 N–H and O–H groups in total. The molecule has 2 heterocycles. The third-order valence-electron chi connectivity index (χ3n) is 5.20. The first-order chi connectivity index (χ1) is 12.5. The third kappa shape index (κ3) is 3.70. The van der Waals surface area contributed by atoms with E-state index in [-0.39, 0.29) is 12.1 Å². The maximum absolute atomic E-state index is 11.2. The molecule has 0 aliphatic heterocycles. The maximum Gasteiger partial charge on any atom is 0.325 e. The number of aromatic nitrogens is 4. The maximum atomic E-state index is 11.2. The van der Waals surface area contributed by atoms with Gasteiger partial charge in [0.1, 0.15) is 18.2 Å². The molecule has 3 aromatic rings. The lowest BCUT2D eigenvalue weighted by molar-refractivity contribution is 0.316. The normalized spacial score (nSPS) is 21.2. The minimum Gasteiger partial charge on any atom is -0.324 e. The van der Waals surface area contributed by atoms with Crippen molar-refractivity contribution in [2.45, 2.75) is 31.6 Å². The summed E-state index contributed by atoms with van der Waals surface area (Å²) in [6.07, 6.45) is 8.70. The van der Waals surface area contributed by atoms with Gasteiger partial charge in [0, 0.05) is 5.69 Å². The van der Waals surface area contributed by atoms with Crippen molar-refractivity contribution in [2.24, 2.45) is 5.92 Å². The van der Waals surface area contributed by atoms with Crippen LogP contribution in [0.5, 0.6) is 0 Å². The number of hydrogen-bond acceptors (Lipinski definition) is 4. The van der Waals surface area contributed by atoms with Crippen molar-refractivity contribution in [1.29, 1.82) is 0 Å². The highest BCUT2D eigenvalue weighted by atomic mass is 31.2. The molecule has 1 fully saturated rings. The van der Waals surface area contributed by atoms with Gasteiger partial charge in [-0.05, 0) is 55.2 Å². The molecule has 1 aliphatic rings. The van der Waals surface area contributed by atoms with E-state index in [2.05, 4.69) is 39.2 Å². The fourth-order valence-corrected chi connectivity index (χ4v) is 4.92. The van der Waals surface area contributed by atoms with E-state index in [9.17, 15) is 4.57 Å². The average molecular weight is 372 g/mol.